The highest BCUT2D eigenvalue weighted by molar-refractivity contribution is 5.09. The van der Waals surface area contributed by atoms with Gasteiger partial charge >= 0.3 is 0 Å². The predicted molar refractivity (Wildman–Crippen MR) is 63.4 cm³/mol. The van der Waals surface area contributed by atoms with Crippen molar-refractivity contribution in [1.29, 1.82) is 0 Å². The first-order valence-corrected chi connectivity index (χ1v) is 6.06. The van der Waals surface area contributed by atoms with E-state index in [1.54, 1.807) is 7.11 Å². The molecule has 0 radical (unpaired) electrons. The van der Waals surface area contributed by atoms with Crippen LogP contribution in [0.5, 0.6) is 0 Å². The highest BCUT2D eigenvalue weighted by atomic mass is 16.5. The largest absolute Gasteiger partial charge is 0.465 e. The Bertz CT molecular complexity index is 334. The number of nitrogens with one attached hydrogen (secondary N) is 1. The fourth-order valence-electron chi connectivity index (χ4n) is 2.49. The Labute approximate surface area is 97.2 Å². The van der Waals surface area contributed by atoms with E-state index in [0.717, 1.165) is 17.9 Å². The number of aryl methyl sites for hydroxylation is 1. The third kappa shape index (κ3) is 2.47. The van der Waals surface area contributed by atoms with Crippen LogP contribution in [0, 0.1) is 6.92 Å². The molecule has 1 aliphatic carbocycles. The maximum atomic E-state index is 5.62. The minimum atomic E-state index is 0.259. The summed E-state index contributed by atoms with van der Waals surface area (Å²) < 4.78 is 11.1. The van der Waals surface area contributed by atoms with E-state index in [1.807, 2.05) is 19.1 Å². The molecule has 1 heterocycles. The van der Waals surface area contributed by atoms with E-state index in [4.69, 9.17) is 9.15 Å². The average Bonchev–Trinajstić information content (AvgIpc) is 2.86. The van der Waals surface area contributed by atoms with Crippen molar-refractivity contribution in [3.63, 3.8) is 0 Å². The summed E-state index contributed by atoms with van der Waals surface area (Å²) in [7, 11) is 1.80. The lowest BCUT2D eigenvalue weighted by Gasteiger charge is -2.23. The third-order valence-electron chi connectivity index (χ3n) is 3.41. The molecule has 1 fully saturated rings. The van der Waals surface area contributed by atoms with Gasteiger partial charge < -0.3 is 14.5 Å². The van der Waals surface area contributed by atoms with Crippen LogP contribution < -0.4 is 5.32 Å². The number of hydrogen-bond acceptors (Lipinski definition) is 3. The second kappa shape index (κ2) is 5.02. The molecular weight excluding hydrogens is 202 g/mol. The third-order valence-corrected chi connectivity index (χ3v) is 3.41. The number of rotatable bonds is 4. The molecule has 1 aliphatic rings. The van der Waals surface area contributed by atoms with E-state index in [2.05, 4.69) is 12.2 Å². The van der Waals surface area contributed by atoms with Gasteiger partial charge in [-0.25, -0.2) is 0 Å². The first-order chi connectivity index (χ1) is 7.70. The number of methoxy groups -OCH3 is 1. The van der Waals surface area contributed by atoms with Crippen LogP contribution in [0.25, 0.3) is 0 Å². The van der Waals surface area contributed by atoms with Gasteiger partial charge in [0.25, 0.3) is 0 Å². The summed E-state index contributed by atoms with van der Waals surface area (Å²) in [6.07, 6.45) is 3.97. The van der Waals surface area contributed by atoms with Gasteiger partial charge in [0.05, 0.1) is 12.1 Å². The SMILES string of the molecule is COC1CCCC1NC(C)c1ccc(C)o1. The van der Waals surface area contributed by atoms with Gasteiger partial charge in [-0.05, 0) is 45.2 Å². The topological polar surface area (TPSA) is 34.4 Å². The minimum absolute atomic E-state index is 0.259. The first-order valence-electron chi connectivity index (χ1n) is 6.06. The van der Waals surface area contributed by atoms with Crippen molar-refractivity contribution in [2.75, 3.05) is 7.11 Å². The van der Waals surface area contributed by atoms with Gasteiger partial charge in [0, 0.05) is 13.2 Å². The molecule has 90 valence electrons. The van der Waals surface area contributed by atoms with E-state index in [9.17, 15) is 0 Å². The second-order valence-corrected chi connectivity index (χ2v) is 4.65. The van der Waals surface area contributed by atoms with E-state index >= 15 is 0 Å². The lowest BCUT2D eigenvalue weighted by atomic mass is 10.1. The van der Waals surface area contributed by atoms with Crippen LogP contribution in [0.3, 0.4) is 0 Å². The van der Waals surface area contributed by atoms with Gasteiger partial charge in [0.1, 0.15) is 11.5 Å². The Balaban J connectivity index is 1.94. The van der Waals surface area contributed by atoms with E-state index in [1.165, 1.54) is 12.8 Å². The molecular formula is C13H21NO2. The summed E-state index contributed by atoms with van der Waals surface area (Å²) in [6, 6.07) is 4.78. The molecule has 16 heavy (non-hydrogen) atoms. The Kier molecular flexibility index (Phi) is 3.66. The molecule has 0 spiro atoms. The van der Waals surface area contributed by atoms with Crippen molar-refractivity contribution in [1.82, 2.24) is 5.32 Å². The van der Waals surface area contributed by atoms with Crippen molar-refractivity contribution >= 4 is 0 Å². The summed E-state index contributed by atoms with van der Waals surface area (Å²) in [5.74, 6) is 1.98. The maximum absolute atomic E-state index is 5.62. The highest BCUT2D eigenvalue weighted by Gasteiger charge is 2.28. The molecule has 2 rings (SSSR count). The lowest BCUT2D eigenvalue weighted by molar-refractivity contribution is 0.0809. The van der Waals surface area contributed by atoms with Crippen molar-refractivity contribution in [3.8, 4) is 0 Å². The molecule has 0 aromatic carbocycles. The zero-order chi connectivity index (χ0) is 11.5. The predicted octanol–water partition coefficient (Wildman–Crippen LogP) is 2.81. The van der Waals surface area contributed by atoms with Crippen LogP contribution in [0.4, 0.5) is 0 Å². The smallest absolute Gasteiger partial charge is 0.120 e. The molecule has 0 aliphatic heterocycles. The van der Waals surface area contributed by atoms with Crippen LogP contribution in [-0.4, -0.2) is 19.3 Å². The Hall–Kier alpha value is -0.800. The molecule has 3 nitrogen and oxygen atoms in total. The van der Waals surface area contributed by atoms with Gasteiger partial charge in [-0.15, -0.1) is 0 Å². The maximum Gasteiger partial charge on any atom is 0.120 e. The minimum Gasteiger partial charge on any atom is -0.465 e. The van der Waals surface area contributed by atoms with Crippen molar-refractivity contribution < 1.29 is 9.15 Å². The van der Waals surface area contributed by atoms with Gasteiger partial charge in [-0.1, -0.05) is 0 Å². The molecule has 1 N–H and O–H groups in total. The van der Waals surface area contributed by atoms with Crippen molar-refractivity contribution in [2.24, 2.45) is 0 Å². The van der Waals surface area contributed by atoms with Crippen molar-refractivity contribution in [2.45, 2.75) is 51.3 Å². The van der Waals surface area contributed by atoms with Crippen molar-refractivity contribution in [3.05, 3.63) is 23.7 Å². The molecule has 3 unspecified atom stereocenters. The van der Waals surface area contributed by atoms with Gasteiger partial charge in [0.2, 0.25) is 0 Å². The lowest BCUT2D eigenvalue weighted by Crippen LogP contribution is -2.38. The standard InChI is InChI=1S/C13H21NO2/c1-9-7-8-12(16-9)10(2)14-11-5-4-6-13(11)15-3/h7-8,10-11,13-14H,4-6H2,1-3H3. The summed E-state index contributed by atoms with van der Waals surface area (Å²) >= 11 is 0. The molecule has 3 atom stereocenters. The fourth-order valence-corrected chi connectivity index (χ4v) is 2.49. The van der Waals surface area contributed by atoms with Crippen LogP contribution in [0.15, 0.2) is 16.5 Å². The molecule has 1 aromatic rings. The summed E-state index contributed by atoms with van der Waals surface area (Å²) in [5.41, 5.74) is 0. The van der Waals surface area contributed by atoms with Crippen LogP contribution in [-0.2, 0) is 4.74 Å². The Morgan fingerprint density at radius 2 is 2.25 bits per heavy atom. The van der Waals surface area contributed by atoms with E-state index in [-0.39, 0.29) is 6.04 Å². The van der Waals surface area contributed by atoms with E-state index < -0.39 is 0 Å². The number of furan rings is 1. The highest BCUT2D eigenvalue weighted by Crippen LogP contribution is 2.25. The quantitative estimate of drug-likeness (QED) is 0.852. The summed E-state index contributed by atoms with van der Waals surface area (Å²) in [4.78, 5) is 0. The van der Waals surface area contributed by atoms with Crippen LogP contribution in [0.1, 0.15) is 43.7 Å². The first kappa shape index (κ1) is 11.7. The monoisotopic (exact) mass is 223 g/mol. The van der Waals surface area contributed by atoms with Crippen LogP contribution >= 0.6 is 0 Å². The molecule has 0 amide bonds. The Morgan fingerprint density at radius 3 is 2.88 bits per heavy atom. The van der Waals surface area contributed by atoms with Crippen LogP contribution in [0.2, 0.25) is 0 Å². The molecule has 3 heteroatoms. The molecule has 0 bridgehead atoms. The summed E-state index contributed by atoms with van der Waals surface area (Å²) in [6.45, 7) is 4.12. The van der Waals surface area contributed by atoms with Gasteiger partial charge in [0.15, 0.2) is 0 Å². The molecule has 1 aromatic heterocycles. The second-order valence-electron chi connectivity index (χ2n) is 4.65. The van der Waals surface area contributed by atoms with Gasteiger partial charge in [-0.3, -0.25) is 0 Å². The molecule has 1 saturated carbocycles. The number of hydrogen-bond donors (Lipinski definition) is 1. The zero-order valence-electron chi connectivity index (χ0n) is 10.3. The summed E-state index contributed by atoms with van der Waals surface area (Å²) in [5, 5.41) is 3.59. The fraction of sp³-hybridized carbons (Fsp3) is 0.692. The average molecular weight is 223 g/mol. The molecule has 0 saturated heterocycles. The van der Waals surface area contributed by atoms with E-state index in [0.29, 0.717) is 12.1 Å². The normalized spacial score (nSPS) is 27.2. The zero-order valence-corrected chi connectivity index (χ0v) is 10.3. The number of ether oxygens (including phenoxy) is 1. The Morgan fingerprint density at radius 1 is 1.44 bits per heavy atom. The van der Waals surface area contributed by atoms with Gasteiger partial charge in [-0.2, -0.15) is 0 Å².